The first-order valence-electron chi connectivity index (χ1n) is 7.51. The van der Waals surface area contributed by atoms with E-state index in [2.05, 4.69) is 5.32 Å². The van der Waals surface area contributed by atoms with Gasteiger partial charge in [-0.1, -0.05) is 18.2 Å². The molecular weight excluding hydrogens is 316 g/mol. The molecular formula is C18H19F2NO3. The van der Waals surface area contributed by atoms with Crippen LogP contribution in [0, 0.1) is 18.6 Å². The molecule has 6 heteroatoms. The van der Waals surface area contributed by atoms with Gasteiger partial charge in [0.25, 0.3) is 5.91 Å². The van der Waals surface area contributed by atoms with Crippen molar-refractivity contribution in [3.05, 3.63) is 65.2 Å². The molecule has 0 spiro atoms. The maximum absolute atomic E-state index is 13.6. The van der Waals surface area contributed by atoms with Crippen LogP contribution in [0.15, 0.2) is 42.5 Å². The molecule has 2 atom stereocenters. The molecule has 0 aliphatic heterocycles. The van der Waals surface area contributed by atoms with Crippen LogP contribution in [0.3, 0.4) is 0 Å². The lowest BCUT2D eigenvalue weighted by molar-refractivity contribution is -0.127. The standard InChI is InChI=1S/C18H19F2NO3/c1-11-5-3-6-13(9-11)24-12(2)18(23)21-10-16(22)17-14(19)7-4-8-15(17)20/h3-9,12,16,22H,10H2,1-2H3,(H,21,23). The average molecular weight is 335 g/mol. The van der Waals surface area contributed by atoms with E-state index in [1.165, 1.54) is 6.07 Å². The van der Waals surface area contributed by atoms with Gasteiger partial charge in [-0.05, 0) is 43.7 Å². The highest BCUT2D eigenvalue weighted by Gasteiger charge is 2.20. The number of rotatable bonds is 6. The van der Waals surface area contributed by atoms with E-state index in [1.54, 1.807) is 25.1 Å². The van der Waals surface area contributed by atoms with E-state index >= 15 is 0 Å². The second kappa shape index (κ2) is 7.88. The minimum atomic E-state index is -1.48. The van der Waals surface area contributed by atoms with Gasteiger partial charge in [0.2, 0.25) is 0 Å². The molecule has 24 heavy (non-hydrogen) atoms. The van der Waals surface area contributed by atoms with E-state index < -0.39 is 35.3 Å². The number of ether oxygens (including phenoxy) is 1. The maximum atomic E-state index is 13.6. The third kappa shape index (κ3) is 4.52. The third-order valence-corrected chi connectivity index (χ3v) is 3.47. The summed E-state index contributed by atoms with van der Waals surface area (Å²) in [6.45, 7) is 3.13. The number of aryl methyl sites for hydroxylation is 1. The summed E-state index contributed by atoms with van der Waals surface area (Å²) >= 11 is 0. The quantitative estimate of drug-likeness (QED) is 0.853. The average Bonchev–Trinajstić information content (AvgIpc) is 2.52. The van der Waals surface area contributed by atoms with E-state index in [0.29, 0.717) is 5.75 Å². The van der Waals surface area contributed by atoms with Crippen LogP contribution in [0.2, 0.25) is 0 Å². The number of aliphatic hydroxyl groups excluding tert-OH is 1. The molecule has 2 aromatic carbocycles. The van der Waals surface area contributed by atoms with E-state index in [9.17, 15) is 18.7 Å². The van der Waals surface area contributed by atoms with Crippen molar-refractivity contribution in [2.24, 2.45) is 0 Å². The van der Waals surface area contributed by atoms with Gasteiger partial charge >= 0.3 is 0 Å². The number of benzene rings is 2. The van der Waals surface area contributed by atoms with Gasteiger partial charge in [-0.15, -0.1) is 0 Å². The Hall–Kier alpha value is -2.47. The third-order valence-electron chi connectivity index (χ3n) is 3.47. The van der Waals surface area contributed by atoms with E-state index in [1.807, 2.05) is 13.0 Å². The Morgan fingerprint density at radius 1 is 1.21 bits per heavy atom. The summed E-state index contributed by atoms with van der Waals surface area (Å²) in [6, 6.07) is 10.5. The molecule has 0 heterocycles. The van der Waals surface area contributed by atoms with E-state index in [-0.39, 0.29) is 6.54 Å². The van der Waals surface area contributed by atoms with Gasteiger partial charge in [0.1, 0.15) is 23.5 Å². The number of hydrogen-bond acceptors (Lipinski definition) is 3. The molecule has 0 fully saturated rings. The largest absolute Gasteiger partial charge is 0.481 e. The first kappa shape index (κ1) is 17.9. The lowest BCUT2D eigenvalue weighted by Crippen LogP contribution is -2.38. The molecule has 0 aliphatic carbocycles. The van der Waals surface area contributed by atoms with Crippen molar-refractivity contribution in [2.75, 3.05) is 6.54 Å². The smallest absolute Gasteiger partial charge is 0.260 e. The van der Waals surface area contributed by atoms with Crippen LogP contribution in [0.4, 0.5) is 8.78 Å². The Morgan fingerprint density at radius 2 is 1.83 bits per heavy atom. The number of halogens is 2. The van der Waals surface area contributed by atoms with Gasteiger partial charge in [0.05, 0.1) is 5.56 Å². The predicted molar refractivity (Wildman–Crippen MR) is 85.6 cm³/mol. The lowest BCUT2D eigenvalue weighted by Gasteiger charge is -2.17. The highest BCUT2D eigenvalue weighted by Crippen LogP contribution is 2.20. The summed E-state index contributed by atoms with van der Waals surface area (Å²) in [5.74, 6) is -1.67. The van der Waals surface area contributed by atoms with E-state index in [4.69, 9.17) is 4.74 Å². The van der Waals surface area contributed by atoms with Crippen LogP contribution >= 0.6 is 0 Å². The minimum Gasteiger partial charge on any atom is -0.481 e. The van der Waals surface area contributed by atoms with Crippen molar-refractivity contribution < 1.29 is 23.4 Å². The fourth-order valence-corrected chi connectivity index (χ4v) is 2.22. The predicted octanol–water partition coefficient (Wildman–Crippen LogP) is 2.89. The molecule has 1 amide bonds. The second-order valence-electron chi connectivity index (χ2n) is 5.47. The van der Waals surface area contributed by atoms with Crippen LogP contribution in [0.5, 0.6) is 5.75 Å². The maximum Gasteiger partial charge on any atom is 0.260 e. The normalized spacial score (nSPS) is 13.2. The number of hydrogen-bond donors (Lipinski definition) is 2. The molecule has 2 N–H and O–H groups in total. The zero-order valence-electron chi connectivity index (χ0n) is 13.4. The van der Waals surface area contributed by atoms with Crippen LogP contribution in [0.1, 0.15) is 24.2 Å². The summed E-state index contributed by atoms with van der Waals surface area (Å²) in [7, 11) is 0. The topological polar surface area (TPSA) is 58.6 Å². The highest BCUT2D eigenvalue weighted by atomic mass is 19.1. The van der Waals surface area contributed by atoms with Crippen molar-refractivity contribution >= 4 is 5.91 Å². The molecule has 0 aliphatic rings. The van der Waals surface area contributed by atoms with Gasteiger partial charge < -0.3 is 15.2 Å². The number of carbonyl (C=O) groups excluding carboxylic acids is 1. The fraction of sp³-hybridized carbons (Fsp3) is 0.278. The van der Waals surface area contributed by atoms with Crippen molar-refractivity contribution in [2.45, 2.75) is 26.1 Å². The lowest BCUT2D eigenvalue weighted by atomic mass is 10.1. The zero-order valence-corrected chi connectivity index (χ0v) is 13.4. The molecule has 0 saturated carbocycles. The fourth-order valence-electron chi connectivity index (χ4n) is 2.22. The van der Waals surface area contributed by atoms with Crippen molar-refractivity contribution in [1.82, 2.24) is 5.32 Å². The van der Waals surface area contributed by atoms with Crippen molar-refractivity contribution in [1.29, 1.82) is 0 Å². The number of carbonyl (C=O) groups is 1. The molecule has 0 saturated heterocycles. The van der Waals surface area contributed by atoms with Crippen molar-refractivity contribution in [3.8, 4) is 5.75 Å². The molecule has 0 aromatic heterocycles. The van der Waals surface area contributed by atoms with Gasteiger partial charge in [-0.3, -0.25) is 4.79 Å². The molecule has 0 radical (unpaired) electrons. The first-order chi connectivity index (χ1) is 11.4. The number of amides is 1. The van der Waals surface area contributed by atoms with Gasteiger partial charge in [0, 0.05) is 6.54 Å². The summed E-state index contributed by atoms with van der Waals surface area (Å²) < 4.78 is 32.6. The number of aliphatic hydroxyl groups is 1. The van der Waals surface area contributed by atoms with Crippen molar-refractivity contribution in [3.63, 3.8) is 0 Å². The SMILES string of the molecule is Cc1cccc(OC(C)C(=O)NCC(O)c2c(F)cccc2F)c1. The monoisotopic (exact) mass is 335 g/mol. The van der Waals surface area contributed by atoms with E-state index in [0.717, 1.165) is 17.7 Å². The summed E-state index contributed by atoms with van der Waals surface area (Å²) in [5, 5.41) is 12.3. The summed E-state index contributed by atoms with van der Waals surface area (Å²) in [4.78, 5) is 12.0. The van der Waals surface area contributed by atoms with Gasteiger partial charge in [-0.2, -0.15) is 0 Å². The zero-order chi connectivity index (χ0) is 17.7. The molecule has 0 bridgehead atoms. The Bertz CT molecular complexity index is 701. The summed E-state index contributed by atoms with van der Waals surface area (Å²) in [5.41, 5.74) is 0.524. The molecule has 2 rings (SSSR count). The summed E-state index contributed by atoms with van der Waals surface area (Å²) in [6.07, 6.45) is -2.30. The van der Waals surface area contributed by atoms with Crippen LogP contribution in [-0.4, -0.2) is 23.7 Å². The van der Waals surface area contributed by atoms with Gasteiger partial charge in [0.15, 0.2) is 6.10 Å². The first-order valence-corrected chi connectivity index (χ1v) is 7.51. The van der Waals surface area contributed by atoms with Crippen LogP contribution in [0.25, 0.3) is 0 Å². The van der Waals surface area contributed by atoms with Gasteiger partial charge in [-0.25, -0.2) is 8.78 Å². The molecule has 2 unspecified atom stereocenters. The minimum absolute atomic E-state index is 0.321. The highest BCUT2D eigenvalue weighted by molar-refractivity contribution is 5.80. The Kier molecular flexibility index (Phi) is 5.87. The molecule has 128 valence electrons. The Labute approximate surface area is 139 Å². The Balaban J connectivity index is 1.92. The second-order valence-corrected chi connectivity index (χ2v) is 5.47. The van der Waals surface area contributed by atoms with Crippen LogP contribution in [-0.2, 0) is 4.79 Å². The Morgan fingerprint density at radius 3 is 2.46 bits per heavy atom. The molecule has 4 nitrogen and oxygen atoms in total. The molecule has 2 aromatic rings. The number of nitrogens with one attached hydrogen (secondary N) is 1. The van der Waals surface area contributed by atoms with Crippen LogP contribution < -0.4 is 10.1 Å².